The molecule has 0 N–H and O–H groups in total. The Bertz CT molecular complexity index is 346. The zero-order chi connectivity index (χ0) is 15.4. The van der Waals surface area contributed by atoms with Crippen LogP contribution in [-0.4, -0.2) is 30.9 Å². The van der Waals surface area contributed by atoms with Gasteiger partial charge in [0.15, 0.2) is 6.73 Å². The van der Waals surface area contributed by atoms with E-state index < -0.39 is 0 Å². The fourth-order valence-electron chi connectivity index (χ4n) is 2.71. The molecule has 2 heteroatoms. The molecule has 0 bridgehead atoms. The smallest absolute Gasteiger partial charge is 0.183 e. The van der Waals surface area contributed by atoms with Gasteiger partial charge in [0.05, 0.1) is 19.7 Å². The molecule has 1 aromatic rings. The van der Waals surface area contributed by atoms with E-state index in [1.54, 1.807) is 0 Å². The van der Waals surface area contributed by atoms with Crippen LogP contribution in [-0.2, 0) is 11.3 Å². The van der Waals surface area contributed by atoms with Gasteiger partial charge >= 0.3 is 0 Å². The van der Waals surface area contributed by atoms with Crippen LogP contribution >= 0.6 is 0 Å². The van der Waals surface area contributed by atoms with Gasteiger partial charge in [-0.25, -0.2) is 0 Å². The third-order valence-electron chi connectivity index (χ3n) is 4.46. The molecule has 0 atom stereocenters. The Labute approximate surface area is 131 Å². The van der Waals surface area contributed by atoms with Gasteiger partial charge in [-0.15, -0.1) is 0 Å². The van der Waals surface area contributed by atoms with Crippen molar-refractivity contribution in [3.63, 3.8) is 0 Å². The highest BCUT2D eigenvalue weighted by Gasteiger charge is 2.23. The number of ether oxygens (including phenoxy) is 1. The van der Waals surface area contributed by atoms with Gasteiger partial charge in [0.2, 0.25) is 0 Å². The average molecular weight is 292 g/mol. The fourth-order valence-corrected chi connectivity index (χ4v) is 2.71. The summed E-state index contributed by atoms with van der Waals surface area (Å²) in [6.07, 6.45) is 6.54. The second-order valence-electron chi connectivity index (χ2n) is 6.07. The van der Waals surface area contributed by atoms with E-state index in [1.165, 1.54) is 37.7 Å². The molecule has 1 rings (SSSR count). The number of hydrogen-bond acceptors (Lipinski definition) is 1. The molecule has 0 aliphatic carbocycles. The summed E-state index contributed by atoms with van der Waals surface area (Å²) >= 11 is 0. The Morgan fingerprint density at radius 1 is 0.857 bits per heavy atom. The van der Waals surface area contributed by atoms with Crippen LogP contribution in [0.5, 0.6) is 0 Å². The van der Waals surface area contributed by atoms with Crippen molar-refractivity contribution >= 4 is 0 Å². The first-order valence-electron chi connectivity index (χ1n) is 8.73. The zero-order valence-corrected chi connectivity index (χ0v) is 14.3. The average Bonchev–Trinajstić information content (AvgIpc) is 2.54. The van der Waals surface area contributed by atoms with Crippen molar-refractivity contribution in [3.8, 4) is 0 Å². The highest BCUT2D eigenvalue weighted by Crippen LogP contribution is 2.15. The molecule has 120 valence electrons. The number of quaternary nitrogens is 1. The third-order valence-corrected chi connectivity index (χ3v) is 4.46. The highest BCUT2D eigenvalue weighted by atomic mass is 16.5. The van der Waals surface area contributed by atoms with E-state index in [4.69, 9.17) is 4.74 Å². The fraction of sp³-hybridized carbons (Fsp3) is 0.684. The topological polar surface area (TPSA) is 9.23 Å². The number of rotatable bonds is 12. The van der Waals surface area contributed by atoms with Crippen molar-refractivity contribution in [1.82, 2.24) is 0 Å². The first-order valence-corrected chi connectivity index (χ1v) is 8.73. The quantitative estimate of drug-likeness (QED) is 0.300. The summed E-state index contributed by atoms with van der Waals surface area (Å²) in [5, 5.41) is 0. The molecule has 21 heavy (non-hydrogen) atoms. The monoisotopic (exact) mass is 292 g/mol. The second-order valence-corrected chi connectivity index (χ2v) is 6.07. The molecule has 2 nitrogen and oxygen atoms in total. The second kappa shape index (κ2) is 10.8. The first-order chi connectivity index (χ1) is 10.3. The van der Waals surface area contributed by atoms with Crippen molar-refractivity contribution in [2.75, 3.05) is 26.4 Å². The molecule has 0 aliphatic rings. The Hall–Kier alpha value is -0.860. The van der Waals surface area contributed by atoms with Crippen LogP contribution in [0.15, 0.2) is 30.3 Å². The molecule has 0 radical (unpaired) electrons. The van der Waals surface area contributed by atoms with Crippen LogP contribution in [0.2, 0.25) is 0 Å². The molecule has 0 saturated carbocycles. The van der Waals surface area contributed by atoms with Crippen molar-refractivity contribution in [2.24, 2.45) is 0 Å². The van der Waals surface area contributed by atoms with E-state index in [0.29, 0.717) is 0 Å². The maximum atomic E-state index is 6.01. The maximum absolute atomic E-state index is 6.01. The molecule has 0 fully saturated rings. The van der Waals surface area contributed by atoms with E-state index in [0.717, 1.165) is 37.5 Å². The van der Waals surface area contributed by atoms with Gasteiger partial charge in [0.25, 0.3) is 0 Å². The highest BCUT2D eigenvalue weighted by molar-refractivity contribution is 5.13. The lowest BCUT2D eigenvalue weighted by molar-refractivity contribution is -0.955. The van der Waals surface area contributed by atoms with Gasteiger partial charge in [0, 0.05) is 5.56 Å². The van der Waals surface area contributed by atoms with Crippen molar-refractivity contribution < 1.29 is 9.22 Å². The molecule has 0 saturated heterocycles. The SMILES string of the molecule is CCCCCCCOC[N+](CC)(CC)Cc1ccccc1. The predicted octanol–water partition coefficient (Wildman–Crippen LogP) is 4.99. The van der Waals surface area contributed by atoms with Gasteiger partial charge in [-0.3, -0.25) is 4.48 Å². The van der Waals surface area contributed by atoms with E-state index in [2.05, 4.69) is 51.1 Å². The molecule has 1 aromatic carbocycles. The number of benzene rings is 1. The van der Waals surface area contributed by atoms with Crippen molar-refractivity contribution in [1.29, 1.82) is 0 Å². The lowest BCUT2D eigenvalue weighted by Gasteiger charge is -2.36. The molecule has 0 spiro atoms. The summed E-state index contributed by atoms with van der Waals surface area (Å²) in [5.41, 5.74) is 1.41. The lowest BCUT2D eigenvalue weighted by Crippen LogP contribution is -2.48. The summed E-state index contributed by atoms with van der Waals surface area (Å²) < 4.78 is 7.03. The van der Waals surface area contributed by atoms with Crippen LogP contribution in [0.4, 0.5) is 0 Å². The van der Waals surface area contributed by atoms with Gasteiger partial charge in [-0.2, -0.15) is 0 Å². The Morgan fingerprint density at radius 2 is 1.52 bits per heavy atom. The third kappa shape index (κ3) is 7.10. The number of nitrogens with zero attached hydrogens (tertiary/aromatic N) is 1. The predicted molar refractivity (Wildman–Crippen MR) is 91.1 cm³/mol. The Balaban J connectivity index is 2.35. The molecule has 0 aromatic heterocycles. The van der Waals surface area contributed by atoms with Gasteiger partial charge in [-0.1, -0.05) is 62.9 Å². The molecular formula is C19H34NO+. The minimum Gasteiger partial charge on any atom is -0.332 e. The van der Waals surface area contributed by atoms with E-state index in [-0.39, 0.29) is 0 Å². The van der Waals surface area contributed by atoms with Gasteiger partial charge in [0.1, 0.15) is 6.54 Å². The standard InChI is InChI=1S/C19H34NO/c1-4-7-8-9-13-16-21-18-20(5-2,6-3)17-19-14-11-10-12-15-19/h10-12,14-15H,4-9,13,16-18H2,1-3H3/q+1. The van der Waals surface area contributed by atoms with Gasteiger partial charge < -0.3 is 4.74 Å². The van der Waals surface area contributed by atoms with Crippen LogP contribution in [0, 0.1) is 0 Å². The maximum Gasteiger partial charge on any atom is 0.183 e. The lowest BCUT2D eigenvalue weighted by atomic mass is 10.2. The molecular weight excluding hydrogens is 258 g/mol. The minimum atomic E-state index is 0.843. The van der Waals surface area contributed by atoms with Crippen molar-refractivity contribution in [3.05, 3.63) is 35.9 Å². The largest absolute Gasteiger partial charge is 0.332 e. The zero-order valence-electron chi connectivity index (χ0n) is 14.3. The van der Waals surface area contributed by atoms with E-state index >= 15 is 0 Å². The number of unbranched alkanes of at least 4 members (excludes halogenated alkanes) is 4. The number of hydrogen-bond donors (Lipinski definition) is 0. The minimum absolute atomic E-state index is 0.843. The first kappa shape index (κ1) is 18.2. The van der Waals surface area contributed by atoms with Gasteiger partial charge in [-0.05, 0) is 20.3 Å². The summed E-state index contributed by atoms with van der Waals surface area (Å²) in [6.45, 7) is 11.9. The molecule has 0 aliphatic heterocycles. The normalized spacial score (nSPS) is 11.8. The van der Waals surface area contributed by atoms with Crippen LogP contribution in [0.3, 0.4) is 0 Å². The summed E-state index contributed by atoms with van der Waals surface area (Å²) in [5.74, 6) is 0. The summed E-state index contributed by atoms with van der Waals surface area (Å²) in [6, 6.07) is 10.8. The van der Waals surface area contributed by atoms with E-state index in [9.17, 15) is 0 Å². The summed E-state index contributed by atoms with van der Waals surface area (Å²) in [7, 11) is 0. The van der Waals surface area contributed by atoms with Crippen LogP contribution < -0.4 is 0 Å². The molecule has 0 unspecified atom stereocenters. The molecule has 0 amide bonds. The van der Waals surface area contributed by atoms with Crippen molar-refractivity contribution in [2.45, 2.75) is 59.4 Å². The summed E-state index contributed by atoms with van der Waals surface area (Å²) in [4.78, 5) is 0. The van der Waals surface area contributed by atoms with Crippen LogP contribution in [0.1, 0.15) is 58.4 Å². The Morgan fingerprint density at radius 3 is 2.14 bits per heavy atom. The van der Waals surface area contributed by atoms with E-state index in [1.807, 2.05) is 0 Å². The molecule has 0 heterocycles. The Kier molecular flexibility index (Phi) is 9.36. The van der Waals surface area contributed by atoms with Crippen LogP contribution in [0.25, 0.3) is 0 Å².